The van der Waals surface area contributed by atoms with E-state index in [1.54, 1.807) is 7.11 Å². The third-order valence-corrected chi connectivity index (χ3v) is 3.94. The van der Waals surface area contributed by atoms with E-state index < -0.39 is 0 Å². The van der Waals surface area contributed by atoms with Crippen LogP contribution in [0.4, 0.5) is 0 Å². The van der Waals surface area contributed by atoms with Crippen molar-refractivity contribution in [2.24, 2.45) is 5.73 Å². The molecule has 0 heterocycles. The van der Waals surface area contributed by atoms with Gasteiger partial charge in [0.2, 0.25) is 0 Å². The third-order valence-electron chi connectivity index (χ3n) is 3.36. The average molecular weight is 299 g/mol. The Hall–Kier alpha value is -0.680. The number of rotatable bonds is 7. The lowest BCUT2D eigenvalue weighted by Crippen LogP contribution is -2.29. The zero-order valence-electron chi connectivity index (χ0n) is 11.1. The molecule has 1 aromatic carbocycles. The number of benzene rings is 1. The highest BCUT2D eigenvalue weighted by Gasteiger charge is 2.28. The van der Waals surface area contributed by atoms with E-state index in [2.05, 4.69) is 4.90 Å². The fourth-order valence-corrected chi connectivity index (χ4v) is 2.45. The topological polar surface area (TPSA) is 38.5 Å². The Labute approximate surface area is 124 Å². The molecule has 1 aromatic rings. The number of halogens is 1. The molecule has 0 saturated heterocycles. The monoisotopic (exact) mass is 298 g/mol. The largest absolute Gasteiger partial charge is 0.389 e. The second kappa shape index (κ2) is 6.66. The Kier molecular flexibility index (Phi) is 5.16. The summed E-state index contributed by atoms with van der Waals surface area (Å²) < 4.78 is 5.16. The Morgan fingerprint density at radius 1 is 1.53 bits per heavy atom. The van der Waals surface area contributed by atoms with Crippen molar-refractivity contribution in [3.8, 4) is 0 Å². The van der Waals surface area contributed by atoms with E-state index in [0.717, 1.165) is 35.8 Å². The number of methoxy groups -OCH3 is 1. The minimum absolute atomic E-state index is 0.381. The molecule has 2 rings (SSSR count). The van der Waals surface area contributed by atoms with Gasteiger partial charge in [-0.3, -0.25) is 4.90 Å². The molecule has 0 atom stereocenters. The Morgan fingerprint density at radius 2 is 2.26 bits per heavy atom. The van der Waals surface area contributed by atoms with Gasteiger partial charge in [-0.2, -0.15) is 0 Å². The molecule has 1 fully saturated rings. The number of nitrogens with zero attached hydrogens (tertiary/aromatic N) is 1. The summed E-state index contributed by atoms with van der Waals surface area (Å²) in [5.41, 5.74) is 7.54. The smallest absolute Gasteiger partial charge is 0.104 e. The van der Waals surface area contributed by atoms with E-state index in [1.807, 2.05) is 18.2 Å². The number of ether oxygens (including phenoxy) is 1. The first kappa shape index (κ1) is 14.7. The van der Waals surface area contributed by atoms with Gasteiger partial charge in [-0.1, -0.05) is 36.0 Å². The molecule has 3 nitrogen and oxygen atoms in total. The zero-order valence-corrected chi connectivity index (χ0v) is 12.6. The highest BCUT2D eigenvalue weighted by atomic mass is 35.5. The molecule has 1 aliphatic carbocycles. The minimum Gasteiger partial charge on any atom is -0.389 e. The number of hydrogen-bond acceptors (Lipinski definition) is 3. The first-order valence-corrected chi connectivity index (χ1v) is 7.21. The molecule has 1 aliphatic rings. The summed E-state index contributed by atoms with van der Waals surface area (Å²) in [5, 5.41) is 0.730. The Balaban J connectivity index is 2.06. The van der Waals surface area contributed by atoms with Crippen LogP contribution in [0.15, 0.2) is 18.2 Å². The zero-order chi connectivity index (χ0) is 13.8. The van der Waals surface area contributed by atoms with Crippen molar-refractivity contribution in [2.45, 2.75) is 25.4 Å². The normalized spacial score (nSPS) is 14.9. The van der Waals surface area contributed by atoms with E-state index in [9.17, 15) is 0 Å². The van der Waals surface area contributed by atoms with Crippen LogP contribution in [0.1, 0.15) is 24.0 Å². The van der Waals surface area contributed by atoms with Crippen LogP contribution >= 0.6 is 23.8 Å². The first-order valence-electron chi connectivity index (χ1n) is 6.43. The SMILES string of the molecule is COCCN(Cc1ccc(C(N)=S)cc1Cl)C1CC1. The Bertz CT molecular complexity index is 463. The highest BCUT2D eigenvalue weighted by molar-refractivity contribution is 7.80. The maximum absolute atomic E-state index is 6.30. The predicted octanol–water partition coefficient (Wildman–Crippen LogP) is 2.59. The summed E-state index contributed by atoms with van der Waals surface area (Å²) in [5.74, 6) is 0. The van der Waals surface area contributed by atoms with Gasteiger partial charge in [-0.15, -0.1) is 0 Å². The molecule has 1 saturated carbocycles. The summed E-state index contributed by atoms with van der Waals surface area (Å²) in [6.07, 6.45) is 2.54. The van der Waals surface area contributed by atoms with Crippen LogP contribution in [0.2, 0.25) is 5.02 Å². The summed E-state index contributed by atoms with van der Waals surface area (Å²) >= 11 is 11.3. The van der Waals surface area contributed by atoms with Gasteiger partial charge in [0.25, 0.3) is 0 Å². The molecular formula is C14H19ClN2OS. The number of thiocarbonyl (C=S) groups is 1. The molecule has 2 N–H and O–H groups in total. The predicted molar refractivity (Wildman–Crippen MR) is 82.6 cm³/mol. The van der Waals surface area contributed by atoms with Crippen LogP contribution < -0.4 is 5.73 Å². The van der Waals surface area contributed by atoms with Gasteiger partial charge < -0.3 is 10.5 Å². The molecular weight excluding hydrogens is 280 g/mol. The van der Waals surface area contributed by atoms with E-state index in [1.165, 1.54) is 12.8 Å². The van der Waals surface area contributed by atoms with Crippen molar-refractivity contribution in [1.29, 1.82) is 0 Å². The van der Waals surface area contributed by atoms with Crippen molar-refractivity contribution in [3.63, 3.8) is 0 Å². The minimum atomic E-state index is 0.381. The van der Waals surface area contributed by atoms with E-state index in [0.29, 0.717) is 11.0 Å². The van der Waals surface area contributed by atoms with Crippen molar-refractivity contribution in [1.82, 2.24) is 4.90 Å². The molecule has 0 aromatic heterocycles. The molecule has 104 valence electrons. The van der Waals surface area contributed by atoms with Gasteiger partial charge in [0.15, 0.2) is 0 Å². The van der Waals surface area contributed by atoms with Gasteiger partial charge in [-0.25, -0.2) is 0 Å². The maximum atomic E-state index is 6.30. The lowest BCUT2D eigenvalue weighted by atomic mass is 10.1. The van der Waals surface area contributed by atoms with Crippen LogP contribution in [0, 0.1) is 0 Å². The molecule has 0 aliphatic heterocycles. The summed E-state index contributed by atoms with van der Waals surface area (Å²) in [7, 11) is 1.73. The van der Waals surface area contributed by atoms with Crippen LogP contribution in [-0.2, 0) is 11.3 Å². The van der Waals surface area contributed by atoms with E-state index >= 15 is 0 Å². The maximum Gasteiger partial charge on any atom is 0.104 e. The molecule has 0 bridgehead atoms. The van der Waals surface area contributed by atoms with Gasteiger partial charge in [0.05, 0.1) is 6.61 Å². The Morgan fingerprint density at radius 3 is 2.79 bits per heavy atom. The number of nitrogens with two attached hydrogens (primary N) is 1. The van der Waals surface area contributed by atoms with Crippen LogP contribution in [0.3, 0.4) is 0 Å². The summed E-state index contributed by atoms with van der Waals surface area (Å²) in [6, 6.07) is 6.48. The second-order valence-electron chi connectivity index (χ2n) is 4.86. The van der Waals surface area contributed by atoms with Crippen molar-refractivity contribution in [2.75, 3.05) is 20.3 Å². The molecule has 5 heteroatoms. The van der Waals surface area contributed by atoms with Gasteiger partial charge in [0.1, 0.15) is 4.99 Å². The van der Waals surface area contributed by atoms with Gasteiger partial charge >= 0.3 is 0 Å². The fourth-order valence-electron chi connectivity index (χ4n) is 2.09. The van der Waals surface area contributed by atoms with Crippen molar-refractivity contribution >= 4 is 28.8 Å². The second-order valence-corrected chi connectivity index (χ2v) is 5.71. The van der Waals surface area contributed by atoms with Crippen molar-refractivity contribution < 1.29 is 4.74 Å². The third kappa shape index (κ3) is 4.14. The van der Waals surface area contributed by atoms with Gasteiger partial charge in [-0.05, 0) is 24.5 Å². The lowest BCUT2D eigenvalue weighted by Gasteiger charge is -2.22. The van der Waals surface area contributed by atoms with Crippen LogP contribution in [-0.4, -0.2) is 36.2 Å². The fraction of sp³-hybridized carbons (Fsp3) is 0.500. The molecule has 0 spiro atoms. The quantitative estimate of drug-likeness (QED) is 0.785. The lowest BCUT2D eigenvalue weighted by molar-refractivity contribution is 0.139. The first-order chi connectivity index (χ1) is 9.11. The summed E-state index contributed by atoms with van der Waals surface area (Å²) in [4.78, 5) is 2.80. The average Bonchev–Trinajstić information content (AvgIpc) is 3.20. The highest BCUT2D eigenvalue weighted by Crippen LogP contribution is 2.29. The molecule has 0 unspecified atom stereocenters. The van der Waals surface area contributed by atoms with Crippen LogP contribution in [0.25, 0.3) is 0 Å². The van der Waals surface area contributed by atoms with Crippen LogP contribution in [0.5, 0.6) is 0 Å². The number of hydrogen-bond donors (Lipinski definition) is 1. The molecule has 0 radical (unpaired) electrons. The van der Waals surface area contributed by atoms with E-state index in [-0.39, 0.29) is 0 Å². The van der Waals surface area contributed by atoms with Crippen molar-refractivity contribution in [3.05, 3.63) is 34.3 Å². The van der Waals surface area contributed by atoms with Gasteiger partial charge in [0, 0.05) is 36.8 Å². The standard InChI is InChI=1S/C14H19ClN2OS/c1-18-7-6-17(12-4-5-12)9-11-3-2-10(14(16)19)8-13(11)15/h2-3,8,12H,4-7,9H2,1H3,(H2,16,19). The molecule has 0 amide bonds. The molecule has 19 heavy (non-hydrogen) atoms. The summed E-state index contributed by atoms with van der Waals surface area (Å²) in [6.45, 7) is 2.54. The van der Waals surface area contributed by atoms with E-state index in [4.69, 9.17) is 34.3 Å².